The number of imidazole rings is 1. The Balaban J connectivity index is 1.68. The number of ether oxygens (including phenoxy) is 1. The van der Waals surface area contributed by atoms with Crippen LogP contribution in [0.15, 0.2) is 48.0 Å². The largest absolute Gasteiger partial charge is 0.371 e. The summed E-state index contributed by atoms with van der Waals surface area (Å²) in [6.45, 7) is 14.8. The van der Waals surface area contributed by atoms with Crippen molar-refractivity contribution in [1.82, 2.24) is 19.8 Å². The van der Waals surface area contributed by atoms with Crippen LogP contribution in [0.5, 0.6) is 0 Å². The molecule has 1 fully saturated rings. The first-order valence-corrected chi connectivity index (χ1v) is 11.1. The van der Waals surface area contributed by atoms with E-state index in [1.807, 2.05) is 12.5 Å². The van der Waals surface area contributed by atoms with Gasteiger partial charge in [-0.25, -0.2) is 9.98 Å². The Kier molecular flexibility index (Phi) is 7.53. The van der Waals surface area contributed by atoms with E-state index in [1.54, 1.807) is 0 Å². The summed E-state index contributed by atoms with van der Waals surface area (Å²) in [5.74, 6) is 1.61. The van der Waals surface area contributed by atoms with Gasteiger partial charge in [0.15, 0.2) is 5.96 Å². The maximum Gasteiger partial charge on any atom is 0.194 e. The molecule has 2 atom stereocenters. The number of hydrogen-bond donors (Lipinski definition) is 1. The summed E-state index contributed by atoms with van der Waals surface area (Å²) in [7, 11) is 0. The molecule has 0 aliphatic carbocycles. The zero-order chi connectivity index (χ0) is 21.6. The Labute approximate surface area is 181 Å². The molecule has 2 unspecified atom stereocenters. The number of guanidine groups is 1. The molecule has 6 heteroatoms. The summed E-state index contributed by atoms with van der Waals surface area (Å²) in [4.78, 5) is 11.6. The summed E-state index contributed by atoms with van der Waals surface area (Å²) in [5, 5.41) is 3.49. The zero-order valence-corrected chi connectivity index (χ0v) is 19.1. The summed E-state index contributed by atoms with van der Waals surface area (Å²) in [6, 6.07) is 8.97. The highest BCUT2D eigenvalue weighted by Gasteiger charge is 2.28. The SMILES string of the molecule is CCNC(=NCc1cccc(COC(C)(C)C)c1)N1CCC(C)C(n2ccnc2)C1. The van der Waals surface area contributed by atoms with E-state index in [0.717, 1.165) is 32.0 Å². The predicted octanol–water partition coefficient (Wildman–Crippen LogP) is 4.25. The second-order valence-corrected chi connectivity index (χ2v) is 9.18. The van der Waals surface area contributed by atoms with Gasteiger partial charge in [0.2, 0.25) is 0 Å². The van der Waals surface area contributed by atoms with E-state index in [4.69, 9.17) is 9.73 Å². The van der Waals surface area contributed by atoms with Crippen LogP contribution in [0.4, 0.5) is 0 Å². The molecular formula is C24H37N5O. The van der Waals surface area contributed by atoms with E-state index in [0.29, 0.717) is 25.1 Å². The minimum Gasteiger partial charge on any atom is -0.371 e. The molecular weight excluding hydrogens is 374 g/mol. The number of likely N-dealkylation sites (tertiary alicyclic amines) is 1. The molecule has 1 aliphatic rings. The van der Waals surface area contributed by atoms with Crippen LogP contribution in [0.3, 0.4) is 0 Å². The quantitative estimate of drug-likeness (QED) is 0.570. The van der Waals surface area contributed by atoms with Gasteiger partial charge in [0, 0.05) is 32.0 Å². The first-order chi connectivity index (χ1) is 14.4. The number of rotatable bonds is 6. The number of nitrogens with zero attached hydrogens (tertiary/aromatic N) is 4. The van der Waals surface area contributed by atoms with Crippen molar-refractivity contribution in [3.8, 4) is 0 Å². The molecule has 1 N–H and O–H groups in total. The molecule has 0 radical (unpaired) electrons. The van der Waals surface area contributed by atoms with Crippen LogP contribution in [0, 0.1) is 5.92 Å². The molecule has 6 nitrogen and oxygen atoms in total. The lowest BCUT2D eigenvalue weighted by molar-refractivity contribution is -0.0149. The first kappa shape index (κ1) is 22.3. The van der Waals surface area contributed by atoms with Crippen molar-refractivity contribution in [1.29, 1.82) is 0 Å². The molecule has 2 heterocycles. The fourth-order valence-corrected chi connectivity index (χ4v) is 3.80. The fourth-order valence-electron chi connectivity index (χ4n) is 3.80. The number of nitrogens with one attached hydrogen (secondary N) is 1. The summed E-state index contributed by atoms with van der Waals surface area (Å²) >= 11 is 0. The molecule has 1 saturated heterocycles. The normalized spacial score (nSPS) is 20.4. The topological polar surface area (TPSA) is 54.7 Å². The van der Waals surface area contributed by atoms with E-state index < -0.39 is 0 Å². The van der Waals surface area contributed by atoms with Gasteiger partial charge >= 0.3 is 0 Å². The van der Waals surface area contributed by atoms with Crippen molar-refractivity contribution in [3.63, 3.8) is 0 Å². The highest BCUT2D eigenvalue weighted by atomic mass is 16.5. The van der Waals surface area contributed by atoms with Crippen LogP contribution < -0.4 is 5.32 Å². The monoisotopic (exact) mass is 411 g/mol. The molecule has 3 rings (SSSR count). The summed E-state index contributed by atoms with van der Waals surface area (Å²) in [6.07, 6.45) is 7.01. The molecule has 1 aromatic carbocycles. The molecule has 0 amide bonds. The van der Waals surface area contributed by atoms with Gasteiger partial charge < -0.3 is 19.5 Å². The molecule has 164 valence electrons. The van der Waals surface area contributed by atoms with Gasteiger partial charge in [0.1, 0.15) is 0 Å². The van der Waals surface area contributed by atoms with Crippen LogP contribution in [-0.4, -0.2) is 45.6 Å². The Morgan fingerprint density at radius 2 is 2.10 bits per heavy atom. The fraction of sp³-hybridized carbons (Fsp3) is 0.583. The van der Waals surface area contributed by atoms with E-state index in [-0.39, 0.29) is 5.60 Å². The van der Waals surface area contributed by atoms with Crippen molar-refractivity contribution in [2.24, 2.45) is 10.9 Å². The van der Waals surface area contributed by atoms with Crippen molar-refractivity contribution in [2.75, 3.05) is 19.6 Å². The average Bonchev–Trinajstić information content (AvgIpc) is 3.24. The van der Waals surface area contributed by atoms with E-state index >= 15 is 0 Å². The van der Waals surface area contributed by atoms with Crippen LogP contribution in [0.2, 0.25) is 0 Å². The number of hydrogen-bond acceptors (Lipinski definition) is 3. The van der Waals surface area contributed by atoms with Crippen molar-refractivity contribution < 1.29 is 4.74 Å². The minimum absolute atomic E-state index is 0.135. The van der Waals surface area contributed by atoms with Gasteiger partial charge in [-0.2, -0.15) is 0 Å². The van der Waals surface area contributed by atoms with E-state index in [1.165, 1.54) is 11.1 Å². The molecule has 2 aromatic rings. The maximum atomic E-state index is 5.92. The second-order valence-electron chi connectivity index (χ2n) is 9.18. The highest BCUT2D eigenvalue weighted by Crippen LogP contribution is 2.27. The Morgan fingerprint density at radius 3 is 2.80 bits per heavy atom. The Hall–Kier alpha value is -2.34. The van der Waals surface area contributed by atoms with Crippen LogP contribution >= 0.6 is 0 Å². The smallest absolute Gasteiger partial charge is 0.194 e. The number of aromatic nitrogens is 2. The molecule has 30 heavy (non-hydrogen) atoms. The molecule has 0 saturated carbocycles. The van der Waals surface area contributed by atoms with Crippen molar-refractivity contribution >= 4 is 5.96 Å². The predicted molar refractivity (Wildman–Crippen MR) is 122 cm³/mol. The molecule has 1 aromatic heterocycles. The van der Waals surface area contributed by atoms with Gasteiger partial charge in [-0.3, -0.25) is 0 Å². The zero-order valence-electron chi connectivity index (χ0n) is 19.1. The van der Waals surface area contributed by atoms with Crippen LogP contribution in [0.1, 0.15) is 58.2 Å². The van der Waals surface area contributed by atoms with Crippen molar-refractivity contribution in [3.05, 3.63) is 54.1 Å². The average molecular weight is 412 g/mol. The Bertz CT molecular complexity index is 809. The van der Waals surface area contributed by atoms with Gasteiger partial charge in [-0.1, -0.05) is 31.2 Å². The van der Waals surface area contributed by atoms with Gasteiger partial charge in [0.05, 0.1) is 31.1 Å². The lowest BCUT2D eigenvalue weighted by Crippen LogP contribution is -2.49. The van der Waals surface area contributed by atoms with Gasteiger partial charge in [0.25, 0.3) is 0 Å². The van der Waals surface area contributed by atoms with Gasteiger partial charge in [-0.15, -0.1) is 0 Å². The lowest BCUT2D eigenvalue weighted by Gasteiger charge is -2.39. The summed E-state index contributed by atoms with van der Waals surface area (Å²) < 4.78 is 8.16. The molecule has 0 bridgehead atoms. The minimum atomic E-state index is -0.135. The number of aliphatic imine (C=N–C) groups is 1. The summed E-state index contributed by atoms with van der Waals surface area (Å²) in [5.41, 5.74) is 2.26. The maximum absolute atomic E-state index is 5.92. The van der Waals surface area contributed by atoms with E-state index in [9.17, 15) is 0 Å². The molecule has 0 spiro atoms. The second kappa shape index (κ2) is 10.1. The third-order valence-electron chi connectivity index (χ3n) is 5.54. The van der Waals surface area contributed by atoms with Crippen molar-refractivity contribution in [2.45, 2.75) is 65.8 Å². The first-order valence-electron chi connectivity index (χ1n) is 11.1. The number of piperidine rings is 1. The van der Waals surface area contributed by atoms with E-state index in [2.05, 4.69) is 84.8 Å². The highest BCUT2D eigenvalue weighted by molar-refractivity contribution is 5.80. The third-order valence-corrected chi connectivity index (χ3v) is 5.54. The van der Waals surface area contributed by atoms with Crippen LogP contribution in [-0.2, 0) is 17.9 Å². The Morgan fingerprint density at radius 1 is 1.30 bits per heavy atom. The standard InChI is InChI=1S/C24H37N5O/c1-6-26-23(28-12-10-19(2)22(16-28)29-13-11-25-18-29)27-15-20-8-7-9-21(14-20)17-30-24(3,4)5/h7-9,11,13-14,18-19,22H,6,10,12,15-17H2,1-5H3,(H,26,27). The van der Waals surface area contributed by atoms with Crippen LogP contribution in [0.25, 0.3) is 0 Å². The lowest BCUT2D eigenvalue weighted by atomic mass is 9.93. The van der Waals surface area contributed by atoms with Gasteiger partial charge in [-0.05, 0) is 51.2 Å². The molecule has 1 aliphatic heterocycles. The number of benzene rings is 1. The third kappa shape index (κ3) is 6.33.